The average Bonchev–Trinajstić information content (AvgIpc) is 2.63. The zero-order chi connectivity index (χ0) is 12.3. The third kappa shape index (κ3) is 4.36. The molecule has 2 nitrogen and oxygen atoms in total. The molecule has 0 spiro atoms. The molecule has 2 N–H and O–H groups in total. The standard InChI is InChI=1S/C13H20BrNOS/c1-13(16,7-11-4-2-3-5-15-11)8-12-6-10(14)9-17-12/h6,9,11,15-16H,2-5,7-8H2,1H3. The van der Waals surface area contributed by atoms with Gasteiger partial charge in [0.25, 0.3) is 0 Å². The van der Waals surface area contributed by atoms with E-state index < -0.39 is 5.60 Å². The lowest BCUT2D eigenvalue weighted by molar-refractivity contribution is 0.0379. The van der Waals surface area contributed by atoms with Crippen molar-refractivity contribution >= 4 is 27.3 Å². The molecule has 1 aromatic rings. The largest absolute Gasteiger partial charge is 0.390 e. The molecule has 1 fully saturated rings. The molecule has 1 aromatic heterocycles. The van der Waals surface area contributed by atoms with Crippen LogP contribution < -0.4 is 5.32 Å². The van der Waals surface area contributed by atoms with Crippen molar-refractivity contribution < 1.29 is 5.11 Å². The van der Waals surface area contributed by atoms with E-state index in [2.05, 4.69) is 32.7 Å². The van der Waals surface area contributed by atoms with Gasteiger partial charge in [-0.2, -0.15) is 0 Å². The fourth-order valence-electron chi connectivity index (χ4n) is 2.52. The molecular weight excluding hydrogens is 298 g/mol. The number of thiophene rings is 1. The number of hydrogen-bond acceptors (Lipinski definition) is 3. The summed E-state index contributed by atoms with van der Waals surface area (Å²) in [6, 6.07) is 2.59. The highest BCUT2D eigenvalue weighted by Crippen LogP contribution is 2.27. The van der Waals surface area contributed by atoms with Crippen molar-refractivity contribution in [3.8, 4) is 0 Å². The predicted molar refractivity (Wildman–Crippen MR) is 76.6 cm³/mol. The maximum Gasteiger partial charge on any atom is 0.0682 e. The lowest BCUT2D eigenvalue weighted by Gasteiger charge is -2.31. The van der Waals surface area contributed by atoms with E-state index in [0.29, 0.717) is 6.04 Å². The van der Waals surface area contributed by atoms with Crippen LogP contribution in [-0.4, -0.2) is 23.3 Å². The SMILES string of the molecule is CC(O)(Cc1cc(Br)cs1)CC1CCCCN1. The molecule has 0 bridgehead atoms. The highest BCUT2D eigenvalue weighted by molar-refractivity contribution is 9.10. The molecule has 2 rings (SSSR count). The molecule has 0 amide bonds. The summed E-state index contributed by atoms with van der Waals surface area (Å²) in [5, 5.41) is 16.1. The number of rotatable bonds is 4. The molecule has 0 saturated carbocycles. The van der Waals surface area contributed by atoms with E-state index in [-0.39, 0.29) is 0 Å². The Labute approximate surface area is 116 Å². The predicted octanol–water partition coefficient (Wildman–Crippen LogP) is 3.34. The van der Waals surface area contributed by atoms with Gasteiger partial charge >= 0.3 is 0 Å². The highest BCUT2D eigenvalue weighted by Gasteiger charge is 2.27. The van der Waals surface area contributed by atoms with E-state index in [1.165, 1.54) is 24.1 Å². The molecule has 2 heterocycles. The lowest BCUT2D eigenvalue weighted by atomic mass is 9.89. The maximum atomic E-state index is 10.5. The first-order valence-electron chi connectivity index (χ1n) is 6.24. The fourth-order valence-corrected chi connectivity index (χ4v) is 4.15. The van der Waals surface area contributed by atoms with Crippen LogP contribution >= 0.6 is 27.3 Å². The van der Waals surface area contributed by atoms with Gasteiger partial charge in [-0.05, 0) is 54.7 Å². The van der Waals surface area contributed by atoms with E-state index in [9.17, 15) is 5.11 Å². The molecule has 17 heavy (non-hydrogen) atoms. The van der Waals surface area contributed by atoms with Gasteiger partial charge < -0.3 is 10.4 Å². The smallest absolute Gasteiger partial charge is 0.0682 e. The quantitative estimate of drug-likeness (QED) is 0.892. The molecule has 2 unspecified atom stereocenters. The molecule has 0 radical (unpaired) electrons. The zero-order valence-electron chi connectivity index (χ0n) is 10.2. The number of aliphatic hydroxyl groups is 1. The van der Waals surface area contributed by atoms with Crippen molar-refractivity contribution in [3.05, 3.63) is 20.8 Å². The van der Waals surface area contributed by atoms with Gasteiger partial charge in [-0.1, -0.05) is 6.42 Å². The van der Waals surface area contributed by atoms with Gasteiger partial charge in [-0.15, -0.1) is 11.3 Å². The van der Waals surface area contributed by atoms with Crippen LogP contribution in [0.25, 0.3) is 0 Å². The highest BCUT2D eigenvalue weighted by atomic mass is 79.9. The first-order valence-corrected chi connectivity index (χ1v) is 7.91. The minimum absolute atomic E-state index is 0.488. The molecule has 1 aliphatic rings. The van der Waals surface area contributed by atoms with Crippen molar-refractivity contribution in [2.75, 3.05) is 6.54 Å². The molecule has 1 aliphatic heterocycles. The topological polar surface area (TPSA) is 32.3 Å². The number of nitrogens with one attached hydrogen (secondary N) is 1. The Morgan fingerprint density at radius 1 is 1.59 bits per heavy atom. The average molecular weight is 318 g/mol. The normalized spacial score (nSPS) is 24.5. The first-order chi connectivity index (χ1) is 8.05. The molecule has 96 valence electrons. The number of halogens is 1. The molecule has 1 saturated heterocycles. The molecule has 0 aromatic carbocycles. The van der Waals surface area contributed by atoms with Crippen LogP contribution in [0.15, 0.2) is 15.9 Å². The molecule has 2 atom stereocenters. The van der Waals surface area contributed by atoms with Gasteiger partial charge in [-0.25, -0.2) is 0 Å². The number of hydrogen-bond donors (Lipinski definition) is 2. The van der Waals surface area contributed by atoms with E-state index in [1.807, 2.05) is 6.92 Å². The van der Waals surface area contributed by atoms with Gasteiger partial charge in [0.1, 0.15) is 0 Å². The Morgan fingerprint density at radius 2 is 2.41 bits per heavy atom. The minimum atomic E-state index is -0.598. The Hall–Kier alpha value is 0.1000. The zero-order valence-corrected chi connectivity index (χ0v) is 12.6. The van der Waals surface area contributed by atoms with Gasteiger partial charge in [-0.3, -0.25) is 0 Å². The van der Waals surface area contributed by atoms with Gasteiger partial charge in [0.15, 0.2) is 0 Å². The van der Waals surface area contributed by atoms with Gasteiger partial charge in [0, 0.05) is 27.2 Å². The number of piperidine rings is 1. The van der Waals surface area contributed by atoms with Crippen molar-refractivity contribution in [3.63, 3.8) is 0 Å². The third-order valence-electron chi connectivity index (χ3n) is 3.28. The van der Waals surface area contributed by atoms with Crippen LogP contribution in [0.2, 0.25) is 0 Å². The summed E-state index contributed by atoms with van der Waals surface area (Å²) in [5.74, 6) is 0. The van der Waals surface area contributed by atoms with Crippen LogP contribution in [0.5, 0.6) is 0 Å². The molecule has 4 heteroatoms. The van der Waals surface area contributed by atoms with E-state index >= 15 is 0 Å². The third-order valence-corrected chi connectivity index (χ3v) is 4.97. The van der Waals surface area contributed by atoms with E-state index in [0.717, 1.165) is 23.9 Å². The summed E-state index contributed by atoms with van der Waals surface area (Å²) in [7, 11) is 0. The van der Waals surface area contributed by atoms with Gasteiger partial charge in [0.2, 0.25) is 0 Å². The minimum Gasteiger partial charge on any atom is -0.390 e. The summed E-state index contributed by atoms with van der Waals surface area (Å²) < 4.78 is 1.11. The van der Waals surface area contributed by atoms with Crippen molar-refractivity contribution in [1.29, 1.82) is 0 Å². The fraction of sp³-hybridized carbons (Fsp3) is 0.692. The molecular formula is C13H20BrNOS. The van der Waals surface area contributed by atoms with Crippen molar-refractivity contribution in [2.45, 2.75) is 50.7 Å². The van der Waals surface area contributed by atoms with Crippen LogP contribution in [0.1, 0.15) is 37.5 Å². The maximum absolute atomic E-state index is 10.5. The van der Waals surface area contributed by atoms with Crippen LogP contribution in [0, 0.1) is 0 Å². The second kappa shape index (κ2) is 5.83. The summed E-state index contributed by atoms with van der Waals surface area (Å²) in [6.45, 7) is 3.06. The molecule has 0 aliphatic carbocycles. The Balaban J connectivity index is 1.88. The monoisotopic (exact) mass is 317 g/mol. The summed E-state index contributed by atoms with van der Waals surface area (Å²) in [5.41, 5.74) is -0.598. The lowest BCUT2D eigenvalue weighted by Crippen LogP contribution is -2.41. The first kappa shape index (κ1) is 13.5. The van der Waals surface area contributed by atoms with E-state index in [1.54, 1.807) is 11.3 Å². The summed E-state index contributed by atoms with van der Waals surface area (Å²) >= 11 is 5.17. The Bertz CT molecular complexity index is 358. The van der Waals surface area contributed by atoms with E-state index in [4.69, 9.17) is 0 Å². The van der Waals surface area contributed by atoms with Crippen LogP contribution in [0.3, 0.4) is 0 Å². The van der Waals surface area contributed by atoms with Crippen molar-refractivity contribution in [1.82, 2.24) is 5.32 Å². The summed E-state index contributed by atoms with van der Waals surface area (Å²) in [6.07, 6.45) is 5.36. The Morgan fingerprint density at radius 3 is 3.00 bits per heavy atom. The van der Waals surface area contributed by atoms with Crippen LogP contribution in [0.4, 0.5) is 0 Å². The van der Waals surface area contributed by atoms with Crippen LogP contribution in [-0.2, 0) is 6.42 Å². The van der Waals surface area contributed by atoms with Crippen molar-refractivity contribution in [2.24, 2.45) is 0 Å². The van der Waals surface area contributed by atoms with Gasteiger partial charge in [0.05, 0.1) is 5.60 Å². The second-order valence-electron chi connectivity index (χ2n) is 5.26. The Kier molecular flexibility index (Phi) is 4.64. The summed E-state index contributed by atoms with van der Waals surface area (Å²) in [4.78, 5) is 1.25. The second-order valence-corrected chi connectivity index (χ2v) is 7.17.